The van der Waals surface area contributed by atoms with Gasteiger partial charge in [-0.3, -0.25) is 4.57 Å². The first-order valence-corrected chi connectivity index (χ1v) is 5.99. The van der Waals surface area contributed by atoms with Crippen LogP contribution in [0.5, 0.6) is 5.75 Å². The zero-order chi connectivity index (χ0) is 14.0. The summed E-state index contributed by atoms with van der Waals surface area (Å²) in [5, 5.41) is 4.01. The van der Waals surface area contributed by atoms with Crippen LogP contribution in [0.2, 0.25) is 0 Å². The number of benzene rings is 1. The Kier molecular flexibility index (Phi) is 3.66. The summed E-state index contributed by atoms with van der Waals surface area (Å²) in [5.41, 5.74) is 6.94. The number of thiocarbonyl (C=S) groups is 1. The van der Waals surface area contributed by atoms with E-state index in [-0.39, 0.29) is 5.69 Å². The average Bonchev–Trinajstić information content (AvgIpc) is 2.70. The first-order valence-electron chi connectivity index (χ1n) is 5.58. The van der Waals surface area contributed by atoms with Gasteiger partial charge in [-0.1, -0.05) is 12.2 Å². The molecule has 0 fully saturated rings. The van der Waals surface area contributed by atoms with E-state index in [4.69, 9.17) is 22.7 Å². The quantitative estimate of drug-likeness (QED) is 0.813. The molecule has 1 aromatic carbocycles. The Morgan fingerprint density at radius 1 is 1.53 bits per heavy atom. The molecule has 1 heterocycles. The number of hydrogen-bond donors (Lipinski definition) is 1. The van der Waals surface area contributed by atoms with Crippen LogP contribution >= 0.6 is 12.2 Å². The summed E-state index contributed by atoms with van der Waals surface area (Å²) in [7, 11) is 3.22. The van der Waals surface area contributed by atoms with Gasteiger partial charge in [0.15, 0.2) is 0 Å². The van der Waals surface area contributed by atoms with Crippen molar-refractivity contribution in [2.24, 2.45) is 12.8 Å². The van der Waals surface area contributed by atoms with Crippen molar-refractivity contribution in [1.29, 1.82) is 0 Å². The van der Waals surface area contributed by atoms with Crippen molar-refractivity contribution in [3.05, 3.63) is 46.1 Å². The molecule has 0 bridgehead atoms. The Morgan fingerprint density at radius 2 is 2.26 bits per heavy atom. The lowest BCUT2D eigenvalue weighted by atomic mass is 10.1. The van der Waals surface area contributed by atoms with E-state index in [1.165, 1.54) is 15.6 Å². The van der Waals surface area contributed by atoms with Crippen molar-refractivity contribution >= 4 is 17.2 Å². The van der Waals surface area contributed by atoms with E-state index >= 15 is 0 Å². The summed E-state index contributed by atoms with van der Waals surface area (Å²) in [5.74, 6) is 0.664. The molecule has 0 unspecified atom stereocenters. The number of nitrogens with zero attached hydrogens (tertiary/aromatic N) is 3. The van der Waals surface area contributed by atoms with Crippen molar-refractivity contribution in [3.8, 4) is 5.75 Å². The predicted molar refractivity (Wildman–Crippen MR) is 75.5 cm³/mol. The number of aryl methyl sites for hydroxylation is 1. The number of ether oxygens (including phenoxy) is 1. The molecule has 0 aliphatic carbocycles. The van der Waals surface area contributed by atoms with Crippen LogP contribution < -0.4 is 16.2 Å². The third-order valence-electron chi connectivity index (χ3n) is 2.77. The molecule has 2 N–H and O–H groups in total. The van der Waals surface area contributed by atoms with Gasteiger partial charge in [0.1, 0.15) is 17.1 Å². The first kappa shape index (κ1) is 13.3. The number of aromatic nitrogens is 3. The molecule has 6 nitrogen and oxygen atoms in total. The van der Waals surface area contributed by atoms with Crippen LogP contribution in [0.1, 0.15) is 11.1 Å². The molecule has 0 amide bonds. The lowest BCUT2D eigenvalue weighted by Crippen LogP contribution is -2.23. The molecular weight excluding hydrogens is 264 g/mol. The Morgan fingerprint density at radius 3 is 2.79 bits per heavy atom. The highest BCUT2D eigenvalue weighted by Crippen LogP contribution is 2.20. The van der Waals surface area contributed by atoms with Crippen LogP contribution in [-0.4, -0.2) is 26.4 Å². The van der Waals surface area contributed by atoms with Crippen molar-refractivity contribution in [1.82, 2.24) is 14.3 Å². The van der Waals surface area contributed by atoms with E-state index in [9.17, 15) is 4.79 Å². The molecule has 0 atom stereocenters. The fraction of sp³-hybridized carbons (Fsp3) is 0.250. The van der Waals surface area contributed by atoms with Gasteiger partial charge in [-0.2, -0.15) is 5.10 Å². The summed E-state index contributed by atoms with van der Waals surface area (Å²) in [6.45, 7) is 0.305. The van der Waals surface area contributed by atoms with Crippen molar-refractivity contribution in [2.75, 3.05) is 7.11 Å². The molecule has 2 aromatic rings. The summed E-state index contributed by atoms with van der Waals surface area (Å²) in [4.78, 5) is 12.1. The highest BCUT2D eigenvalue weighted by atomic mass is 32.1. The van der Waals surface area contributed by atoms with E-state index < -0.39 is 0 Å². The average molecular weight is 278 g/mol. The molecule has 19 heavy (non-hydrogen) atoms. The van der Waals surface area contributed by atoms with E-state index in [1.54, 1.807) is 26.3 Å². The minimum absolute atomic E-state index is 0.192. The Hall–Kier alpha value is -2.15. The third kappa shape index (κ3) is 2.65. The SMILES string of the molecule is COc1ccc(C(N)=S)cc1Cn1ncn(C)c1=O. The molecule has 100 valence electrons. The second-order valence-electron chi connectivity index (χ2n) is 4.07. The Labute approximate surface area is 115 Å². The number of nitrogens with two attached hydrogens (primary N) is 1. The summed E-state index contributed by atoms with van der Waals surface area (Å²) in [6, 6.07) is 5.37. The highest BCUT2D eigenvalue weighted by molar-refractivity contribution is 7.80. The fourth-order valence-corrected chi connectivity index (χ4v) is 1.87. The van der Waals surface area contributed by atoms with Gasteiger partial charge in [-0.05, 0) is 18.2 Å². The summed E-state index contributed by atoms with van der Waals surface area (Å²) >= 11 is 4.94. The Balaban J connectivity index is 2.43. The molecule has 7 heteroatoms. The van der Waals surface area contributed by atoms with Gasteiger partial charge in [-0.25, -0.2) is 9.48 Å². The molecule has 0 radical (unpaired) electrons. The molecule has 0 spiro atoms. The summed E-state index contributed by atoms with van der Waals surface area (Å²) < 4.78 is 8.02. The number of rotatable bonds is 4. The Bertz CT molecular complexity index is 675. The van der Waals surface area contributed by atoms with E-state index in [0.29, 0.717) is 17.3 Å². The maximum absolute atomic E-state index is 11.8. The molecule has 0 saturated heterocycles. The monoisotopic (exact) mass is 278 g/mol. The van der Waals surface area contributed by atoms with Crippen LogP contribution in [-0.2, 0) is 13.6 Å². The van der Waals surface area contributed by atoms with Crippen LogP contribution in [0.15, 0.2) is 29.3 Å². The minimum Gasteiger partial charge on any atom is -0.496 e. The second kappa shape index (κ2) is 5.23. The van der Waals surface area contributed by atoms with E-state index in [1.807, 2.05) is 6.07 Å². The predicted octanol–water partition coefficient (Wildman–Crippen LogP) is 0.273. The van der Waals surface area contributed by atoms with Gasteiger partial charge in [0.2, 0.25) is 0 Å². The van der Waals surface area contributed by atoms with Crippen LogP contribution in [0.4, 0.5) is 0 Å². The van der Waals surface area contributed by atoms with Crippen LogP contribution in [0, 0.1) is 0 Å². The van der Waals surface area contributed by atoms with Crippen molar-refractivity contribution < 1.29 is 4.74 Å². The van der Waals surface area contributed by atoms with Gasteiger partial charge in [-0.15, -0.1) is 0 Å². The molecule has 0 aliphatic rings. The zero-order valence-electron chi connectivity index (χ0n) is 10.7. The molecule has 1 aromatic heterocycles. The maximum Gasteiger partial charge on any atom is 0.345 e. The van der Waals surface area contributed by atoms with Gasteiger partial charge >= 0.3 is 5.69 Å². The lowest BCUT2D eigenvalue weighted by molar-refractivity contribution is 0.407. The molecule has 2 rings (SSSR count). The summed E-state index contributed by atoms with van der Waals surface area (Å²) in [6.07, 6.45) is 1.46. The molecular formula is C12H14N4O2S. The highest BCUT2D eigenvalue weighted by Gasteiger charge is 2.09. The van der Waals surface area contributed by atoms with Crippen molar-refractivity contribution in [2.45, 2.75) is 6.54 Å². The standard InChI is InChI=1S/C12H14N4O2S/c1-15-7-14-16(12(15)17)6-9-5-8(11(13)19)3-4-10(9)18-2/h3-5,7H,6H2,1-2H3,(H2,13,19). The van der Waals surface area contributed by atoms with Gasteiger partial charge in [0.05, 0.1) is 13.7 Å². The fourth-order valence-electron chi connectivity index (χ4n) is 1.75. The number of methoxy groups -OCH3 is 1. The second-order valence-corrected chi connectivity index (χ2v) is 4.51. The van der Waals surface area contributed by atoms with Crippen LogP contribution in [0.3, 0.4) is 0 Å². The zero-order valence-corrected chi connectivity index (χ0v) is 11.5. The number of hydrogen-bond acceptors (Lipinski definition) is 4. The topological polar surface area (TPSA) is 75.1 Å². The lowest BCUT2D eigenvalue weighted by Gasteiger charge is -2.10. The first-order chi connectivity index (χ1) is 9.02. The van der Waals surface area contributed by atoms with Gasteiger partial charge in [0.25, 0.3) is 0 Å². The van der Waals surface area contributed by atoms with E-state index in [2.05, 4.69) is 5.10 Å². The van der Waals surface area contributed by atoms with Gasteiger partial charge < -0.3 is 10.5 Å². The van der Waals surface area contributed by atoms with Crippen molar-refractivity contribution in [3.63, 3.8) is 0 Å². The third-order valence-corrected chi connectivity index (χ3v) is 3.01. The van der Waals surface area contributed by atoms with Crippen LogP contribution in [0.25, 0.3) is 0 Å². The normalized spacial score (nSPS) is 10.4. The maximum atomic E-state index is 11.8. The van der Waals surface area contributed by atoms with E-state index in [0.717, 1.165) is 11.1 Å². The smallest absolute Gasteiger partial charge is 0.345 e. The molecule has 0 aliphatic heterocycles. The van der Waals surface area contributed by atoms with Gasteiger partial charge in [0, 0.05) is 18.2 Å². The molecule has 0 saturated carbocycles. The minimum atomic E-state index is -0.192. The largest absolute Gasteiger partial charge is 0.496 e.